The van der Waals surface area contributed by atoms with Crippen molar-refractivity contribution in [2.45, 2.75) is 18.8 Å². The highest BCUT2D eigenvalue weighted by molar-refractivity contribution is 6.03. The van der Waals surface area contributed by atoms with Crippen LogP contribution < -0.4 is 0 Å². The number of ketones is 1. The second-order valence-electron chi connectivity index (χ2n) is 5.26. The van der Waals surface area contributed by atoms with Crippen molar-refractivity contribution in [3.8, 4) is 6.07 Å². The molecule has 5 heteroatoms. The van der Waals surface area contributed by atoms with E-state index in [9.17, 15) is 14.9 Å². The number of nitro benzene ring substituents is 1. The van der Waals surface area contributed by atoms with E-state index in [4.69, 9.17) is 5.26 Å². The molecule has 3 rings (SSSR count). The number of carbonyl (C=O) groups excluding carboxylic acids is 1. The van der Waals surface area contributed by atoms with E-state index < -0.39 is 4.92 Å². The molecule has 0 N–H and O–H groups in total. The van der Waals surface area contributed by atoms with Crippen LogP contribution in [0.2, 0.25) is 0 Å². The number of nitro groups is 1. The van der Waals surface area contributed by atoms with Crippen LogP contribution in [0, 0.1) is 21.4 Å². The molecule has 0 radical (unpaired) electrons. The van der Waals surface area contributed by atoms with Gasteiger partial charge in [-0.15, -0.1) is 0 Å². The number of Topliss-reactive ketones (excluding diaryl/α,β-unsaturated/α-hetero) is 1. The predicted molar refractivity (Wildman–Crippen MR) is 79.6 cm³/mol. The highest BCUT2D eigenvalue weighted by atomic mass is 16.6. The highest BCUT2D eigenvalue weighted by Gasteiger charge is 2.29. The van der Waals surface area contributed by atoms with E-state index >= 15 is 0 Å². The number of carbonyl (C=O) groups is 1. The molecule has 0 fully saturated rings. The molecule has 0 spiro atoms. The molecule has 22 heavy (non-hydrogen) atoms. The first-order valence-electron chi connectivity index (χ1n) is 6.92. The van der Waals surface area contributed by atoms with Gasteiger partial charge in [0.05, 0.1) is 4.92 Å². The molecule has 1 aliphatic carbocycles. The molecule has 0 amide bonds. The van der Waals surface area contributed by atoms with E-state index in [0.29, 0.717) is 17.5 Å². The Kier molecular flexibility index (Phi) is 3.43. The van der Waals surface area contributed by atoms with Crippen LogP contribution in [0.1, 0.15) is 39.4 Å². The standard InChI is InChI=1S/C17H12N2O3/c18-10-13-9-12(6-8-16(13)19(21)22)15-7-5-11-3-1-2-4-14(11)17(15)20/h1-4,6,8-9,15H,5,7H2. The van der Waals surface area contributed by atoms with Crippen LogP contribution in [0.5, 0.6) is 0 Å². The summed E-state index contributed by atoms with van der Waals surface area (Å²) in [6.07, 6.45) is 1.43. The van der Waals surface area contributed by atoms with Crippen molar-refractivity contribution < 1.29 is 9.72 Å². The van der Waals surface area contributed by atoms with Gasteiger partial charge in [0, 0.05) is 17.5 Å². The first-order valence-corrected chi connectivity index (χ1v) is 6.92. The molecule has 0 heterocycles. The minimum Gasteiger partial charge on any atom is -0.293 e. The smallest absolute Gasteiger partial charge is 0.287 e. The maximum atomic E-state index is 12.6. The van der Waals surface area contributed by atoms with Gasteiger partial charge in [-0.25, -0.2) is 0 Å². The van der Waals surface area contributed by atoms with Crippen molar-refractivity contribution in [1.29, 1.82) is 5.26 Å². The summed E-state index contributed by atoms with van der Waals surface area (Å²) in [4.78, 5) is 22.9. The van der Waals surface area contributed by atoms with Crippen LogP contribution in [-0.2, 0) is 6.42 Å². The van der Waals surface area contributed by atoms with Gasteiger partial charge in [-0.3, -0.25) is 14.9 Å². The quantitative estimate of drug-likeness (QED) is 0.627. The predicted octanol–water partition coefficient (Wildman–Crippen LogP) is 3.38. The van der Waals surface area contributed by atoms with E-state index in [1.54, 1.807) is 12.1 Å². The summed E-state index contributed by atoms with van der Waals surface area (Å²) < 4.78 is 0. The molecular formula is C17H12N2O3. The number of aryl methyl sites for hydroxylation is 1. The Morgan fingerprint density at radius 1 is 1.23 bits per heavy atom. The SMILES string of the molecule is N#Cc1cc(C2CCc3ccccc3C2=O)ccc1[N+](=O)[O-]. The lowest BCUT2D eigenvalue weighted by Crippen LogP contribution is -2.21. The van der Waals surface area contributed by atoms with E-state index in [1.807, 2.05) is 24.3 Å². The van der Waals surface area contributed by atoms with Crippen molar-refractivity contribution >= 4 is 11.5 Å². The van der Waals surface area contributed by atoms with E-state index in [0.717, 1.165) is 12.0 Å². The Morgan fingerprint density at radius 3 is 2.73 bits per heavy atom. The highest BCUT2D eigenvalue weighted by Crippen LogP contribution is 2.34. The molecule has 0 saturated heterocycles. The van der Waals surface area contributed by atoms with Crippen molar-refractivity contribution in [1.82, 2.24) is 0 Å². The maximum Gasteiger partial charge on any atom is 0.287 e. The normalized spacial score (nSPS) is 16.7. The van der Waals surface area contributed by atoms with Gasteiger partial charge in [-0.05, 0) is 30.0 Å². The number of benzene rings is 2. The average molecular weight is 292 g/mol. The number of hydrogen-bond acceptors (Lipinski definition) is 4. The largest absolute Gasteiger partial charge is 0.293 e. The van der Waals surface area contributed by atoms with E-state index in [1.165, 1.54) is 12.1 Å². The molecule has 0 aliphatic heterocycles. The van der Waals surface area contributed by atoms with Gasteiger partial charge in [0.15, 0.2) is 5.78 Å². The van der Waals surface area contributed by atoms with E-state index in [2.05, 4.69) is 0 Å². The van der Waals surface area contributed by atoms with Crippen molar-refractivity contribution in [3.05, 3.63) is 74.8 Å². The Labute approximate surface area is 127 Å². The molecule has 108 valence electrons. The van der Waals surface area contributed by atoms with Crippen molar-refractivity contribution in [3.63, 3.8) is 0 Å². The second-order valence-corrected chi connectivity index (χ2v) is 5.26. The summed E-state index contributed by atoms with van der Waals surface area (Å²) in [5.74, 6) is -0.331. The Bertz CT molecular complexity index is 821. The zero-order chi connectivity index (χ0) is 15.7. The molecule has 0 aromatic heterocycles. The summed E-state index contributed by atoms with van der Waals surface area (Å²) in [7, 11) is 0. The van der Waals surface area contributed by atoms with Crippen LogP contribution >= 0.6 is 0 Å². The summed E-state index contributed by atoms with van der Waals surface area (Å²) in [5.41, 5.74) is 2.17. The fourth-order valence-corrected chi connectivity index (χ4v) is 2.93. The minimum atomic E-state index is -0.583. The zero-order valence-electron chi connectivity index (χ0n) is 11.7. The number of rotatable bonds is 2. The van der Waals surface area contributed by atoms with Gasteiger partial charge in [0.2, 0.25) is 0 Å². The third-order valence-corrected chi connectivity index (χ3v) is 4.04. The fourth-order valence-electron chi connectivity index (χ4n) is 2.93. The fraction of sp³-hybridized carbons (Fsp3) is 0.176. The van der Waals surface area contributed by atoms with Gasteiger partial charge in [0.25, 0.3) is 5.69 Å². The lowest BCUT2D eigenvalue weighted by atomic mass is 9.79. The monoisotopic (exact) mass is 292 g/mol. The molecule has 0 bridgehead atoms. The summed E-state index contributed by atoms with van der Waals surface area (Å²) in [6.45, 7) is 0. The van der Waals surface area contributed by atoms with Gasteiger partial charge < -0.3 is 0 Å². The maximum absolute atomic E-state index is 12.6. The molecule has 2 aromatic rings. The number of nitrogens with zero attached hydrogens (tertiary/aromatic N) is 2. The van der Waals surface area contributed by atoms with Crippen LogP contribution in [0.15, 0.2) is 42.5 Å². The van der Waals surface area contributed by atoms with E-state index in [-0.39, 0.29) is 23.0 Å². The number of hydrogen-bond donors (Lipinski definition) is 0. The Balaban J connectivity index is 2.01. The first kappa shape index (κ1) is 14.0. The second kappa shape index (κ2) is 5.41. The molecule has 2 aromatic carbocycles. The number of nitriles is 1. The first-order chi connectivity index (χ1) is 10.6. The molecule has 0 saturated carbocycles. The third kappa shape index (κ3) is 2.25. The Morgan fingerprint density at radius 2 is 2.00 bits per heavy atom. The van der Waals surface area contributed by atoms with Crippen LogP contribution in [-0.4, -0.2) is 10.7 Å². The molecule has 1 atom stereocenters. The molecule has 5 nitrogen and oxygen atoms in total. The topological polar surface area (TPSA) is 84.0 Å². The number of fused-ring (bicyclic) bond motifs is 1. The van der Waals surface area contributed by atoms with Crippen molar-refractivity contribution in [2.75, 3.05) is 0 Å². The lowest BCUT2D eigenvalue weighted by molar-refractivity contribution is -0.385. The summed E-state index contributed by atoms with van der Waals surface area (Å²) in [5, 5.41) is 20.0. The van der Waals surface area contributed by atoms with Gasteiger partial charge in [-0.2, -0.15) is 5.26 Å². The van der Waals surface area contributed by atoms with Crippen LogP contribution in [0.3, 0.4) is 0 Å². The minimum absolute atomic E-state index is 0.00541. The summed E-state index contributed by atoms with van der Waals surface area (Å²) in [6, 6.07) is 13.7. The van der Waals surface area contributed by atoms with Gasteiger partial charge in [-0.1, -0.05) is 30.3 Å². The Hall–Kier alpha value is -3.00. The van der Waals surface area contributed by atoms with Crippen LogP contribution in [0.25, 0.3) is 0 Å². The van der Waals surface area contributed by atoms with Crippen LogP contribution in [0.4, 0.5) is 5.69 Å². The van der Waals surface area contributed by atoms with Gasteiger partial charge >= 0.3 is 0 Å². The molecular weight excluding hydrogens is 280 g/mol. The lowest BCUT2D eigenvalue weighted by Gasteiger charge is -2.23. The molecule has 1 unspecified atom stereocenters. The average Bonchev–Trinajstić information content (AvgIpc) is 2.54. The van der Waals surface area contributed by atoms with Gasteiger partial charge in [0.1, 0.15) is 11.6 Å². The third-order valence-electron chi connectivity index (χ3n) is 4.04. The van der Waals surface area contributed by atoms with Crippen molar-refractivity contribution in [2.24, 2.45) is 0 Å². The molecule has 1 aliphatic rings. The zero-order valence-corrected chi connectivity index (χ0v) is 11.7. The summed E-state index contributed by atoms with van der Waals surface area (Å²) >= 11 is 0.